The highest BCUT2D eigenvalue weighted by Gasteiger charge is 2.17. The fraction of sp³-hybridized carbons (Fsp3) is 0.167. The molecule has 4 aromatic rings. The maximum Gasteiger partial charge on any atom is 0.297 e. The first-order valence-electron chi connectivity index (χ1n) is 8.25. The summed E-state index contributed by atoms with van der Waals surface area (Å²) < 4.78 is 15.9. The van der Waals surface area contributed by atoms with Crippen LogP contribution in [0.4, 0.5) is 4.39 Å². The van der Waals surface area contributed by atoms with Gasteiger partial charge in [0.1, 0.15) is 18.2 Å². The third kappa shape index (κ3) is 3.03. The lowest BCUT2D eigenvalue weighted by atomic mass is 10.2. The molecule has 0 aliphatic heterocycles. The Hall–Kier alpha value is -3.62. The van der Waals surface area contributed by atoms with Crippen LogP contribution in [0.3, 0.4) is 0 Å². The van der Waals surface area contributed by atoms with E-state index >= 15 is 0 Å². The van der Waals surface area contributed by atoms with Gasteiger partial charge in [0.2, 0.25) is 11.6 Å². The molecule has 0 radical (unpaired) electrons. The predicted octanol–water partition coefficient (Wildman–Crippen LogP) is 1.20. The van der Waals surface area contributed by atoms with E-state index in [9.17, 15) is 14.0 Å². The normalized spacial score (nSPS) is 11.2. The van der Waals surface area contributed by atoms with Gasteiger partial charge in [-0.15, -0.1) is 10.2 Å². The van der Waals surface area contributed by atoms with Gasteiger partial charge in [0, 0.05) is 12.7 Å². The second-order valence-corrected chi connectivity index (χ2v) is 6.05. The first-order valence-corrected chi connectivity index (χ1v) is 8.25. The Morgan fingerprint density at radius 2 is 1.93 bits per heavy atom. The van der Waals surface area contributed by atoms with E-state index in [0.717, 1.165) is 5.56 Å². The van der Waals surface area contributed by atoms with Crippen LogP contribution in [0.25, 0.3) is 16.8 Å². The summed E-state index contributed by atoms with van der Waals surface area (Å²) in [6, 6.07) is 9.24. The van der Waals surface area contributed by atoms with Gasteiger partial charge in [-0.05, 0) is 36.8 Å². The van der Waals surface area contributed by atoms with E-state index in [1.807, 2.05) is 0 Å². The highest BCUT2D eigenvalue weighted by Crippen LogP contribution is 2.12. The molecular weight excluding hydrogens is 351 g/mol. The minimum Gasteiger partial charge on any atom is -0.350 e. The average Bonchev–Trinajstić information content (AvgIpc) is 3.07. The van der Waals surface area contributed by atoms with E-state index in [1.165, 1.54) is 16.7 Å². The lowest BCUT2D eigenvalue weighted by molar-refractivity contribution is -0.121. The number of nitrogens with zero attached hydrogens (tertiary/aromatic N) is 5. The number of rotatable bonds is 4. The van der Waals surface area contributed by atoms with Crippen molar-refractivity contribution in [3.63, 3.8) is 0 Å². The molecule has 9 heteroatoms. The highest BCUT2D eigenvalue weighted by atomic mass is 19.1. The lowest BCUT2D eigenvalue weighted by Gasteiger charge is -2.11. The second kappa shape index (κ2) is 6.60. The summed E-state index contributed by atoms with van der Waals surface area (Å²) in [6.07, 6.45) is 1.60. The van der Waals surface area contributed by atoms with Crippen molar-refractivity contribution in [3.8, 4) is 0 Å². The van der Waals surface area contributed by atoms with Crippen LogP contribution in [0.1, 0.15) is 11.4 Å². The molecule has 0 saturated heterocycles. The van der Waals surface area contributed by atoms with E-state index in [-0.39, 0.29) is 30.5 Å². The molecule has 1 aromatic carbocycles. The summed E-state index contributed by atoms with van der Waals surface area (Å²) in [7, 11) is 0. The number of carbonyl (C=O) groups is 1. The minimum atomic E-state index is -0.423. The second-order valence-electron chi connectivity index (χ2n) is 6.05. The summed E-state index contributed by atoms with van der Waals surface area (Å²) in [4.78, 5) is 29.5. The standard InChI is InChI=1S/C18H15FN6O2/c1-11-22-23-17-18(27)24(14-3-2-8-20-16(14)25(11)17)10-15(26)21-9-12-4-6-13(19)7-5-12/h2-8H,9-10H2,1H3,(H,21,26). The number of aryl methyl sites for hydroxylation is 1. The van der Waals surface area contributed by atoms with Crippen molar-refractivity contribution < 1.29 is 9.18 Å². The topological polar surface area (TPSA) is 94.2 Å². The SMILES string of the molecule is Cc1nnc2c(=O)n(CC(=O)NCc3ccc(F)cc3)c3cccnc3n12. The first-order chi connectivity index (χ1) is 13.0. The quantitative estimate of drug-likeness (QED) is 0.586. The minimum absolute atomic E-state index is 0.116. The van der Waals surface area contributed by atoms with E-state index in [4.69, 9.17) is 0 Å². The van der Waals surface area contributed by atoms with Crippen molar-refractivity contribution >= 4 is 22.7 Å². The Bertz CT molecular complexity index is 1210. The molecule has 0 unspecified atom stereocenters. The van der Waals surface area contributed by atoms with Gasteiger partial charge < -0.3 is 5.32 Å². The summed E-state index contributed by atoms with van der Waals surface area (Å²) in [5, 5.41) is 10.6. The van der Waals surface area contributed by atoms with Crippen LogP contribution in [0.5, 0.6) is 0 Å². The number of amides is 1. The molecule has 0 fully saturated rings. The first kappa shape index (κ1) is 16.8. The fourth-order valence-electron chi connectivity index (χ4n) is 2.92. The molecule has 27 heavy (non-hydrogen) atoms. The maximum atomic E-state index is 13.0. The molecule has 0 aliphatic rings. The molecular formula is C18H15FN6O2. The van der Waals surface area contributed by atoms with Crippen LogP contribution in [0.15, 0.2) is 47.4 Å². The van der Waals surface area contributed by atoms with Crippen LogP contribution < -0.4 is 10.9 Å². The zero-order valence-electron chi connectivity index (χ0n) is 14.4. The van der Waals surface area contributed by atoms with Gasteiger partial charge in [-0.1, -0.05) is 12.1 Å². The van der Waals surface area contributed by atoms with E-state index in [2.05, 4.69) is 20.5 Å². The summed E-state index contributed by atoms with van der Waals surface area (Å²) in [5.74, 6) is -0.154. The predicted molar refractivity (Wildman–Crippen MR) is 95.5 cm³/mol. The molecule has 0 spiro atoms. The van der Waals surface area contributed by atoms with Gasteiger partial charge >= 0.3 is 0 Å². The molecule has 0 bridgehead atoms. The molecule has 1 N–H and O–H groups in total. The molecule has 136 valence electrons. The van der Waals surface area contributed by atoms with Gasteiger partial charge in [0.15, 0.2) is 5.65 Å². The molecule has 0 aliphatic carbocycles. The molecule has 0 atom stereocenters. The Morgan fingerprint density at radius 3 is 2.70 bits per heavy atom. The number of pyridine rings is 1. The largest absolute Gasteiger partial charge is 0.350 e. The van der Waals surface area contributed by atoms with Crippen molar-refractivity contribution in [1.82, 2.24) is 29.5 Å². The zero-order chi connectivity index (χ0) is 19.0. The number of fused-ring (bicyclic) bond motifs is 3. The van der Waals surface area contributed by atoms with Gasteiger partial charge in [-0.3, -0.25) is 18.6 Å². The Kier molecular flexibility index (Phi) is 4.11. The third-order valence-electron chi connectivity index (χ3n) is 4.23. The summed E-state index contributed by atoms with van der Waals surface area (Å²) in [5.41, 5.74) is 1.46. The van der Waals surface area contributed by atoms with Crippen LogP contribution in [0.2, 0.25) is 0 Å². The van der Waals surface area contributed by atoms with Crippen LogP contribution >= 0.6 is 0 Å². The van der Waals surface area contributed by atoms with E-state index < -0.39 is 5.56 Å². The van der Waals surface area contributed by atoms with Crippen molar-refractivity contribution in [2.75, 3.05) is 0 Å². The Morgan fingerprint density at radius 1 is 1.15 bits per heavy atom. The Labute approximate surface area is 152 Å². The van der Waals surface area contributed by atoms with Gasteiger partial charge in [-0.25, -0.2) is 9.37 Å². The number of nitrogens with one attached hydrogen (secondary N) is 1. The van der Waals surface area contributed by atoms with Gasteiger partial charge in [0.05, 0.1) is 5.52 Å². The molecule has 8 nitrogen and oxygen atoms in total. The number of hydrogen-bond acceptors (Lipinski definition) is 5. The van der Waals surface area contributed by atoms with E-state index in [1.54, 1.807) is 41.8 Å². The smallest absolute Gasteiger partial charge is 0.297 e. The van der Waals surface area contributed by atoms with E-state index in [0.29, 0.717) is 17.0 Å². The number of aromatic nitrogens is 5. The number of halogens is 1. The fourth-order valence-corrected chi connectivity index (χ4v) is 2.92. The zero-order valence-corrected chi connectivity index (χ0v) is 14.4. The van der Waals surface area contributed by atoms with Crippen molar-refractivity contribution in [1.29, 1.82) is 0 Å². The van der Waals surface area contributed by atoms with Crippen molar-refractivity contribution in [2.24, 2.45) is 0 Å². The van der Waals surface area contributed by atoms with Crippen molar-refractivity contribution in [2.45, 2.75) is 20.0 Å². The van der Waals surface area contributed by atoms with Crippen LogP contribution in [0, 0.1) is 12.7 Å². The number of benzene rings is 1. The summed E-state index contributed by atoms with van der Waals surface area (Å²) in [6.45, 7) is 1.77. The maximum absolute atomic E-state index is 13.0. The molecule has 3 aromatic heterocycles. The number of hydrogen-bond donors (Lipinski definition) is 1. The van der Waals surface area contributed by atoms with Crippen LogP contribution in [-0.4, -0.2) is 30.1 Å². The summed E-state index contributed by atoms with van der Waals surface area (Å²) >= 11 is 0. The third-order valence-corrected chi connectivity index (χ3v) is 4.23. The average molecular weight is 366 g/mol. The lowest BCUT2D eigenvalue weighted by Crippen LogP contribution is -2.33. The molecule has 3 heterocycles. The molecule has 0 saturated carbocycles. The van der Waals surface area contributed by atoms with Gasteiger partial charge in [-0.2, -0.15) is 0 Å². The number of carbonyl (C=O) groups excluding carboxylic acids is 1. The van der Waals surface area contributed by atoms with Crippen LogP contribution in [-0.2, 0) is 17.9 Å². The molecule has 4 rings (SSSR count). The Balaban J connectivity index is 1.66. The van der Waals surface area contributed by atoms with Gasteiger partial charge in [0.25, 0.3) is 5.56 Å². The monoisotopic (exact) mass is 366 g/mol. The van der Waals surface area contributed by atoms with Crippen molar-refractivity contribution in [3.05, 3.63) is 70.2 Å². The molecule has 1 amide bonds. The highest BCUT2D eigenvalue weighted by molar-refractivity contribution is 5.80.